The van der Waals surface area contributed by atoms with Crippen LogP contribution in [0.25, 0.3) is 0 Å². The van der Waals surface area contributed by atoms with Gasteiger partial charge in [0.2, 0.25) is 14.7 Å². The molecule has 39 heavy (non-hydrogen) atoms. The summed E-state index contributed by atoms with van der Waals surface area (Å²) >= 11 is 0.640. The minimum Gasteiger partial charge on any atom is -0.494 e. The summed E-state index contributed by atoms with van der Waals surface area (Å²) in [6.07, 6.45) is 10.3. The molecule has 0 aromatic heterocycles. The maximum absolute atomic E-state index is 15.0. The van der Waals surface area contributed by atoms with Gasteiger partial charge in [-0.15, -0.1) is 4.48 Å². The zero-order valence-corrected chi connectivity index (χ0v) is 23.1. The summed E-state index contributed by atoms with van der Waals surface area (Å²) in [6.45, 7) is 2.11. The van der Waals surface area contributed by atoms with Gasteiger partial charge in [-0.1, -0.05) is 42.1 Å². The number of hydrogen-bond donors (Lipinski definition) is 2. The first-order valence-corrected chi connectivity index (χ1v) is 16.0. The van der Waals surface area contributed by atoms with Crippen LogP contribution in [0.4, 0.5) is 4.48 Å². The molecule has 1 fully saturated rings. The highest BCUT2D eigenvalue weighted by molar-refractivity contribution is 8.13. The first kappa shape index (κ1) is 28.9. The molecule has 2 aliphatic heterocycles. The van der Waals surface area contributed by atoms with Crippen molar-refractivity contribution >= 4 is 29.4 Å². The third-order valence-corrected chi connectivity index (χ3v) is 10.3. The Balaban J connectivity index is 1.33. The summed E-state index contributed by atoms with van der Waals surface area (Å²) in [5.74, 6) is 0.647. The van der Waals surface area contributed by atoms with Gasteiger partial charge >= 0.3 is 7.60 Å². The molecule has 3 atom stereocenters. The average molecular weight is 595 g/mol. The third kappa shape index (κ3) is 7.71. The van der Waals surface area contributed by atoms with Gasteiger partial charge in [0, 0.05) is 6.54 Å². The molecule has 15 heteroatoms. The third-order valence-electron chi connectivity index (χ3n) is 5.51. The van der Waals surface area contributed by atoms with E-state index in [1.807, 2.05) is 23.1 Å². The average Bonchev–Trinajstić information content (AvgIpc) is 3.28. The number of ether oxygens (including phenoxy) is 1. The van der Waals surface area contributed by atoms with E-state index in [2.05, 4.69) is 11.0 Å². The molecule has 206 valence electrons. The minimum atomic E-state index is -4.53. The Kier molecular flexibility index (Phi) is 9.48. The maximum atomic E-state index is 15.0. The molecule has 0 aliphatic carbocycles. The lowest BCUT2D eigenvalue weighted by Gasteiger charge is -2.20. The van der Waals surface area contributed by atoms with Crippen LogP contribution in [-0.2, 0) is 14.6 Å². The van der Waals surface area contributed by atoms with Crippen LogP contribution in [0.2, 0.25) is 0 Å². The number of nitriles is 1. The Labute approximate surface area is 230 Å². The molecular formula is C24H26FN5O6PS2+. The summed E-state index contributed by atoms with van der Waals surface area (Å²) in [5, 5.41) is 8.87. The topological polar surface area (TPSA) is 135 Å². The molecule has 0 saturated carbocycles. The maximum Gasteiger partial charge on any atom is 0.391 e. The number of benzene rings is 2. The summed E-state index contributed by atoms with van der Waals surface area (Å²) in [4.78, 5) is 12.2. The number of rotatable bonds is 12. The molecule has 2 aromatic carbocycles. The lowest BCUT2D eigenvalue weighted by atomic mass is 10.2. The molecule has 0 bridgehead atoms. The van der Waals surface area contributed by atoms with Crippen LogP contribution in [0.15, 0.2) is 72.9 Å². The van der Waals surface area contributed by atoms with Crippen molar-refractivity contribution in [1.29, 1.82) is 5.26 Å². The Hall–Kier alpha value is -3.14. The van der Waals surface area contributed by atoms with Gasteiger partial charge in [-0.3, -0.25) is 0 Å². The fraction of sp³-hybridized carbons (Fsp3) is 0.292. The predicted molar refractivity (Wildman–Crippen MR) is 143 cm³/mol. The van der Waals surface area contributed by atoms with Crippen LogP contribution in [0.3, 0.4) is 0 Å². The molecule has 2 aromatic rings. The molecule has 0 amide bonds. The van der Waals surface area contributed by atoms with Crippen LogP contribution < -0.4 is 14.0 Å². The second-order valence-corrected chi connectivity index (χ2v) is 13.4. The van der Waals surface area contributed by atoms with Crippen molar-refractivity contribution in [2.45, 2.75) is 16.5 Å². The van der Waals surface area contributed by atoms with Crippen LogP contribution in [0, 0.1) is 17.5 Å². The van der Waals surface area contributed by atoms with E-state index in [1.165, 1.54) is 12.1 Å². The Morgan fingerprint density at radius 3 is 2.62 bits per heavy atom. The van der Waals surface area contributed by atoms with Crippen LogP contribution >= 0.6 is 19.4 Å². The lowest BCUT2D eigenvalue weighted by molar-refractivity contribution is -0.123. The summed E-state index contributed by atoms with van der Waals surface area (Å²) in [7, 11) is -8.97. The van der Waals surface area contributed by atoms with Crippen molar-refractivity contribution in [1.82, 2.24) is 19.9 Å². The number of nitrogens with zero attached hydrogens (tertiary/aromatic N) is 4. The van der Waals surface area contributed by atoms with E-state index in [9.17, 15) is 27.6 Å². The number of thioether (sulfide) groups is 1. The number of sulfonamides is 1. The van der Waals surface area contributed by atoms with Gasteiger partial charge in [-0.25, -0.2) is 13.0 Å². The zero-order valence-electron chi connectivity index (χ0n) is 20.5. The zero-order chi connectivity index (χ0) is 27.9. The second kappa shape index (κ2) is 12.8. The molecular weight excluding hydrogens is 568 g/mol. The van der Waals surface area contributed by atoms with Gasteiger partial charge in [0.05, 0.1) is 12.7 Å². The largest absolute Gasteiger partial charge is 0.494 e. The van der Waals surface area contributed by atoms with E-state index in [-0.39, 0.29) is 11.0 Å². The number of allylic oxidation sites excluding steroid dienone is 2. The molecule has 2 heterocycles. The van der Waals surface area contributed by atoms with E-state index >= 15 is 0 Å². The molecule has 11 nitrogen and oxygen atoms in total. The molecule has 3 unspecified atom stereocenters. The van der Waals surface area contributed by atoms with Crippen molar-refractivity contribution < 1.29 is 31.6 Å². The standard InChI is InChI=1S/C24H25FN5O6PS2/c25-30-24(39(33,34)27-19-37(31,32)36-22-8-3-1-4-9-22)38-23(29(30)18-26)20-10-12-21(13-11-20)35-17-7-16-28-14-5-2-6-15-28/h1-5,8-13,15,23-24,27H,7,14,16-17,19H2/p+1. The van der Waals surface area contributed by atoms with Gasteiger partial charge in [0.25, 0.3) is 0 Å². The smallest absolute Gasteiger partial charge is 0.391 e. The molecule has 2 N–H and O–H groups in total. The number of hydrogen-bond acceptors (Lipinski definition) is 10. The minimum absolute atomic E-state index is 0.0725. The Bertz CT molecular complexity index is 1370. The van der Waals surface area contributed by atoms with Gasteiger partial charge in [0.15, 0.2) is 12.3 Å². The highest BCUT2D eigenvalue weighted by Crippen LogP contribution is 2.48. The fourth-order valence-electron chi connectivity index (χ4n) is 3.64. The monoisotopic (exact) mass is 594 g/mol. The Morgan fingerprint density at radius 2 is 1.95 bits per heavy atom. The molecule has 1 saturated heterocycles. The van der Waals surface area contributed by atoms with Gasteiger partial charge < -0.3 is 19.1 Å². The lowest BCUT2D eigenvalue weighted by Crippen LogP contribution is -2.42. The van der Waals surface area contributed by atoms with E-state index in [1.54, 1.807) is 48.7 Å². The van der Waals surface area contributed by atoms with Gasteiger partial charge in [0.1, 0.15) is 42.0 Å². The molecule has 0 spiro atoms. The van der Waals surface area contributed by atoms with Crippen molar-refractivity contribution in [3.63, 3.8) is 0 Å². The molecule has 2 aliphatic rings. The highest BCUT2D eigenvalue weighted by atomic mass is 32.3. The number of halogens is 1. The Morgan fingerprint density at radius 1 is 1.21 bits per heavy atom. The summed E-state index contributed by atoms with van der Waals surface area (Å²) < 4.78 is 63.8. The predicted octanol–water partition coefficient (Wildman–Crippen LogP) is 3.70. The van der Waals surface area contributed by atoms with Gasteiger partial charge in [-0.2, -0.15) is 15.0 Å². The van der Waals surface area contributed by atoms with Crippen LogP contribution in [0.5, 0.6) is 11.5 Å². The van der Waals surface area contributed by atoms with E-state index in [0.29, 0.717) is 34.7 Å². The first-order chi connectivity index (χ1) is 18.7. The number of para-hydroxylation sites is 1. The van der Waals surface area contributed by atoms with Crippen molar-refractivity contribution in [3.8, 4) is 17.7 Å². The van der Waals surface area contributed by atoms with Crippen LogP contribution in [0.1, 0.15) is 17.4 Å². The quantitative estimate of drug-likeness (QED) is 0.122. The van der Waals surface area contributed by atoms with Gasteiger partial charge in [-0.05, 0) is 41.5 Å². The fourth-order valence-corrected chi connectivity index (χ4v) is 8.10. The van der Waals surface area contributed by atoms with E-state index in [0.717, 1.165) is 19.5 Å². The summed E-state index contributed by atoms with van der Waals surface area (Å²) in [6, 6.07) is 14.3. The normalized spacial score (nSPS) is 20.7. The van der Waals surface area contributed by atoms with Crippen molar-refractivity contribution in [2.75, 3.05) is 26.0 Å². The second-order valence-electron chi connectivity index (χ2n) is 8.38. The van der Waals surface area contributed by atoms with E-state index < -0.39 is 34.0 Å². The van der Waals surface area contributed by atoms with E-state index in [4.69, 9.17) is 9.26 Å². The SMILES string of the molecule is N#CN1C(c2ccc(OCCCN3C=[C+]C=CC3)cc2)SC(S(=O)(=O)NCP(=O)(O)Oc2ccccc2)N1F. The van der Waals surface area contributed by atoms with Crippen LogP contribution in [-0.4, -0.2) is 59.1 Å². The number of hydrazine groups is 1. The van der Waals surface area contributed by atoms with Crippen molar-refractivity contribution in [2.24, 2.45) is 0 Å². The molecule has 4 rings (SSSR count). The van der Waals surface area contributed by atoms with Crippen molar-refractivity contribution in [3.05, 3.63) is 84.6 Å². The highest BCUT2D eigenvalue weighted by Gasteiger charge is 2.49. The number of nitrogens with one attached hydrogen (secondary N) is 1. The molecule has 0 radical (unpaired) electrons. The summed E-state index contributed by atoms with van der Waals surface area (Å²) in [5.41, 5.74) is 0.468. The first-order valence-electron chi connectivity index (χ1n) is 11.7.